The molecule has 0 radical (unpaired) electrons. The van der Waals surface area contributed by atoms with E-state index in [-0.39, 0.29) is 0 Å². The van der Waals surface area contributed by atoms with Crippen molar-refractivity contribution in [2.24, 2.45) is 5.92 Å². The van der Waals surface area contributed by atoms with Gasteiger partial charge >= 0.3 is 0 Å². The minimum Gasteiger partial charge on any atom is -0.440 e. The van der Waals surface area contributed by atoms with Gasteiger partial charge < -0.3 is 9.73 Å². The first-order valence-corrected chi connectivity index (χ1v) is 7.79. The number of fused-ring (bicyclic) bond motifs is 1. The molecule has 1 aromatic heterocycles. The third kappa shape index (κ3) is 3.14. The van der Waals surface area contributed by atoms with Crippen LogP contribution in [0.1, 0.15) is 58.3 Å². The van der Waals surface area contributed by atoms with Crippen molar-refractivity contribution in [3.05, 3.63) is 24.1 Å². The van der Waals surface area contributed by atoms with E-state index in [0.29, 0.717) is 12.0 Å². The number of hydrogen-bond donors (Lipinski definition) is 1. The fraction of sp³-hybridized carbons (Fsp3) is 0.588. The van der Waals surface area contributed by atoms with Crippen LogP contribution in [-0.2, 0) is 0 Å². The molecule has 1 N–H and O–H groups in total. The molecule has 1 unspecified atom stereocenters. The SMILES string of the molecule is CC(C)CCC(C)Nc1ccc2oc(C3CC3)nc2c1. The molecule has 1 aliphatic carbocycles. The molecule has 3 heteroatoms. The van der Waals surface area contributed by atoms with Gasteiger partial charge in [0.15, 0.2) is 11.5 Å². The summed E-state index contributed by atoms with van der Waals surface area (Å²) in [6.07, 6.45) is 4.91. The first-order chi connectivity index (χ1) is 9.61. The van der Waals surface area contributed by atoms with Crippen LogP contribution in [0.2, 0.25) is 0 Å². The summed E-state index contributed by atoms with van der Waals surface area (Å²) >= 11 is 0. The molecule has 1 fully saturated rings. The highest BCUT2D eigenvalue weighted by atomic mass is 16.3. The molecule has 108 valence electrons. The Bertz CT molecular complexity index is 584. The zero-order valence-electron chi connectivity index (χ0n) is 12.6. The monoisotopic (exact) mass is 272 g/mol. The van der Waals surface area contributed by atoms with Crippen molar-refractivity contribution in [3.63, 3.8) is 0 Å². The van der Waals surface area contributed by atoms with Crippen molar-refractivity contribution in [1.29, 1.82) is 0 Å². The second-order valence-corrected chi connectivity index (χ2v) is 6.53. The number of nitrogens with one attached hydrogen (secondary N) is 1. The van der Waals surface area contributed by atoms with Crippen molar-refractivity contribution in [3.8, 4) is 0 Å². The van der Waals surface area contributed by atoms with Crippen LogP contribution >= 0.6 is 0 Å². The number of anilines is 1. The van der Waals surface area contributed by atoms with Crippen molar-refractivity contribution in [2.75, 3.05) is 5.32 Å². The molecule has 0 saturated heterocycles. The van der Waals surface area contributed by atoms with Gasteiger partial charge in [-0.2, -0.15) is 0 Å². The third-order valence-corrected chi connectivity index (χ3v) is 3.92. The summed E-state index contributed by atoms with van der Waals surface area (Å²) in [6, 6.07) is 6.72. The Hall–Kier alpha value is -1.51. The molecule has 1 heterocycles. The standard InChI is InChI=1S/C17H24N2O/c1-11(2)4-5-12(3)18-14-8-9-16-15(10-14)19-17(20-16)13-6-7-13/h8-13,18H,4-7H2,1-3H3. The minimum atomic E-state index is 0.490. The first-order valence-electron chi connectivity index (χ1n) is 7.79. The Morgan fingerprint density at radius 1 is 1.25 bits per heavy atom. The largest absolute Gasteiger partial charge is 0.440 e. The summed E-state index contributed by atoms with van der Waals surface area (Å²) in [5.74, 6) is 2.26. The Kier molecular flexibility index (Phi) is 3.68. The highest BCUT2D eigenvalue weighted by Gasteiger charge is 2.28. The Labute approximate surface area is 120 Å². The van der Waals surface area contributed by atoms with Crippen LogP contribution in [-0.4, -0.2) is 11.0 Å². The quantitative estimate of drug-likeness (QED) is 0.809. The zero-order chi connectivity index (χ0) is 14.1. The van der Waals surface area contributed by atoms with Crippen molar-refractivity contribution < 1.29 is 4.42 Å². The maximum atomic E-state index is 5.79. The number of nitrogens with zero attached hydrogens (tertiary/aromatic N) is 1. The minimum absolute atomic E-state index is 0.490. The van der Waals surface area contributed by atoms with E-state index in [2.05, 4.69) is 43.2 Å². The van der Waals surface area contributed by atoms with E-state index >= 15 is 0 Å². The molecule has 3 nitrogen and oxygen atoms in total. The van der Waals surface area contributed by atoms with Crippen LogP contribution in [0.25, 0.3) is 11.1 Å². The zero-order valence-corrected chi connectivity index (χ0v) is 12.6. The maximum absolute atomic E-state index is 5.79. The molecule has 2 aromatic rings. The molecule has 20 heavy (non-hydrogen) atoms. The average molecular weight is 272 g/mol. The van der Waals surface area contributed by atoms with Crippen molar-refractivity contribution in [2.45, 2.75) is 58.4 Å². The fourth-order valence-electron chi connectivity index (χ4n) is 2.48. The number of hydrogen-bond acceptors (Lipinski definition) is 3. The first kappa shape index (κ1) is 13.5. The molecule has 0 spiro atoms. The van der Waals surface area contributed by atoms with Crippen LogP contribution in [0.5, 0.6) is 0 Å². The van der Waals surface area contributed by atoms with Crippen LogP contribution in [0.15, 0.2) is 22.6 Å². The van der Waals surface area contributed by atoms with Gasteiger partial charge in [0.1, 0.15) is 5.52 Å². The van der Waals surface area contributed by atoms with Gasteiger partial charge in [-0.25, -0.2) is 4.98 Å². The Balaban J connectivity index is 1.68. The predicted octanol–water partition coefficient (Wildman–Crippen LogP) is 4.94. The highest BCUT2D eigenvalue weighted by molar-refractivity contribution is 5.77. The van der Waals surface area contributed by atoms with E-state index < -0.39 is 0 Å². The molecule has 1 aromatic carbocycles. The van der Waals surface area contributed by atoms with E-state index in [0.717, 1.165) is 28.6 Å². The van der Waals surface area contributed by atoms with E-state index in [1.54, 1.807) is 0 Å². The summed E-state index contributed by atoms with van der Waals surface area (Å²) in [6.45, 7) is 6.78. The molecular formula is C17H24N2O. The summed E-state index contributed by atoms with van der Waals surface area (Å²) in [7, 11) is 0. The van der Waals surface area contributed by atoms with Gasteiger partial charge in [0.05, 0.1) is 0 Å². The molecular weight excluding hydrogens is 248 g/mol. The number of oxazole rings is 1. The number of benzene rings is 1. The summed E-state index contributed by atoms with van der Waals surface area (Å²) in [5.41, 5.74) is 3.03. The Morgan fingerprint density at radius 3 is 2.75 bits per heavy atom. The molecule has 1 saturated carbocycles. The highest BCUT2D eigenvalue weighted by Crippen LogP contribution is 2.40. The van der Waals surface area contributed by atoms with E-state index in [1.807, 2.05) is 6.07 Å². The average Bonchev–Trinajstić information content (AvgIpc) is 3.16. The van der Waals surface area contributed by atoms with Gasteiger partial charge in [-0.3, -0.25) is 0 Å². The van der Waals surface area contributed by atoms with E-state index in [4.69, 9.17) is 4.42 Å². The van der Waals surface area contributed by atoms with E-state index in [9.17, 15) is 0 Å². The molecule has 1 atom stereocenters. The lowest BCUT2D eigenvalue weighted by atomic mass is 10.0. The van der Waals surface area contributed by atoms with Crippen molar-refractivity contribution in [1.82, 2.24) is 4.98 Å². The van der Waals surface area contributed by atoms with Crippen LogP contribution in [0, 0.1) is 5.92 Å². The van der Waals surface area contributed by atoms with Crippen LogP contribution < -0.4 is 5.32 Å². The molecule has 1 aliphatic rings. The second kappa shape index (κ2) is 5.47. The topological polar surface area (TPSA) is 38.1 Å². The lowest BCUT2D eigenvalue weighted by Gasteiger charge is -2.16. The number of aromatic nitrogens is 1. The third-order valence-electron chi connectivity index (χ3n) is 3.92. The lowest BCUT2D eigenvalue weighted by molar-refractivity contribution is 0.527. The maximum Gasteiger partial charge on any atom is 0.198 e. The molecule has 0 aliphatic heterocycles. The molecule has 0 amide bonds. The van der Waals surface area contributed by atoms with Gasteiger partial charge in [0.25, 0.3) is 0 Å². The van der Waals surface area contributed by atoms with Gasteiger partial charge in [0, 0.05) is 17.6 Å². The molecule has 3 rings (SSSR count). The summed E-state index contributed by atoms with van der Waals surface area (Å²) in [5, 5.41) is 3.56. The predicted molar refractivity (Wildman–Crippen MR) is 83.1 cm³/mol. The summed E-state index contributed by atoms with van der Waals surface area (Å²) in [4.78, 5) is 4.61. The van der Waals surface area contributed by atoms with Gasteiger partial charge in [-0.05, 0) is 56.7 Å². The lowest BCUT2D eigenvalue weighted by Crippen LogP contribution is -2.15. The summed E-state index contributed by atoms with van der Waals surface area (Å²) < 4.78 is 5.79. The Morgan fingerprint density at radius 2 is 2.05 bits per heavy atom. The fourth-order valence-corrected chi connectivity index (χ4v) is 2.48. The van der Waals surface area contributed by atoms with Crippen molar-refractivity contribution >= 4 is 16.8 Å². The number of rotatable bonds is 6. The van der Waals surface area contributed by atoms with Crippen LogP contribution in [0.3, 0.4) is 0 Å². The molecule has 0 bridgehead atoms. The van der Waals surface area contributed by atoms with Gasteiger partial charge in [0.2, 0.25) is 0 Å². The smallest absolute Gasteiger partial charge is 0.198 e. The normalized spacial score (nSPS) is 16.8. The van der Waals surface area contributed by atoms with E-state index in [1.165, 1.54) is 25.7 Å². The second-order valence-electron chi connectivity index (χ2n) is 6.53. The van der Waals surface area contributed by atoms with Gasteiger partial charge in [-0.15, -0.1) is 0 Å². The van der Waals surface area contributed by atoms with Crippen LogP contribution in [0.4, 0.5) is 5.69 Å². The van der Waals surface area contributed by atoms with Gasteiger partial charge in [-0.1, -0.05) is 13.8 Å².